The summed E-state index contributed by atoms with van der Waals surface area (Å²) in [5.74, 6) is 1.27. The minimum absolute atomic E-state index is 0.841. The second-order valence-corrected chi connectivity index (χ2v) is 5.40. The van der Waals surface area contributed by atoms with Crippen molar-refractivity contribution >= 4 is 16.0 Å². The summed E-state index contributed by atoms with van der Waals surface area (Å²) < 4.78 is 59.7. The van der Waals surface area contributed by atoms with Crippen LogP contribution in [-0.4, -0.2) is 42.9 Å². The molecule has 0 saturated heterocycles. The normalized spacial score (nSPS) is 18.1. The second kappa shape index (κ2) is 5.81. The Kier molecular flexibility index (Phi) is 5.51. The first-order valence-corrected chi connectivity index (χ1v) is 6.43. The van der Waals surface area contributed by atoms with Gasteiger partial charge in [-0.3, -0.25) is 4.48 Å². The van der Waals surface area contributed by atoms with Crippen molar-refractivity contribution in [3.63, 3.8) is 0 Å². The highest BCUT2D eigenvalue weighted by Crippen LogP contribution is 2.20. The molecule has 106 valence electrons. The quantitative estimate of drug-likeness (QED) is 0.442. The van der Waals surface area contributed by atoms with Crippen molar-refractivity contribution in [1.82, 2.24) is 0 Å². The average Bonchev–Trinajstić information content (AvgIpc) is 2.44. The second-order valence-electron chi connectivity index (χ2n) is 4.03. The summed E-state index contributed by atoms with van der Waals surface area (Å²) in [6, 6.07) is 0. The predicted octanol–water partition coefficient (Wildman–Crippen LogP) is 1.80. The van der Waals surface area contributed by atoms with Crippen LogP contribution in [0.2, 0.25) is 0 Å². The fraction of sp³-hybridized carbons (Fsp3) is 0.667. The molecule has 1 rings (SSSR count). The Balaban J connectivity index is 0.000000331. The average molecular weight is 288 g/mol. The lowest BCUT2D eigenvalue weighted by Crippen LogP contribution is -2.37. The number of aliphatic imine (C=N–C) groups is 1. The Morgan fingerprint density at radius 2 is 1.83 bits per heavy atom. The summed E-state index contributed by atoms with van der Waals surface area (Å²) in [7, 11) is -1.79. The molecule has 0 spiro atoms. The third-order valence-corrected chi connectivity index (χ3v) is 2.65. The lowest BCUT2D eigenvalue weighted by atomic mass is 10.3. The highest BCUT2D eigenvalue weighted by atomic mass is 32.2. The standard InChI is InChI=1S/C8H15N2.CHF3O3S/c1-4-5-8-9-6-7-10(8,2)3;2-1(3,4)8(5,6)7/h6-7H,4-5H2,1-3H3;(H,5,6,7)/q+1;/p-1. The van der Waals surface area contributed by atoms with Crippen LogP contribution in [0.1, 0.15) is 19.8 Å². The molecular formula is C9H15F3N2O3S. The SMILES string of the molecule is CCCC1=NC=C[N+]1(C)C.O=S(=O)([O-])C(F)(F)F. The van der Waals surface area contributed by atoms with Crippen molar-refractivity contribution in [3.05, 3.63) is 12.4 Å². The molecule has 1 aliphatic heterocycles. The minimum atomic E-state index is -6.09. The van der Waals surface area contributed by atoms with Crippen molar-refractivity contribution < 1.29 is 30.6 Å². The summed E-state index contributed by atoms with van der Waals surface area (Å²) in [5, 5.41) is 0. The van der Waals surface area contributed by atoms with Crippen LogP contribution >= 0.6 is 0 Å². The van der Waals surface area contributed by atoms with Crippen molar-refractivity contribution in [2.24, 2.45) is 4.99 Å². The van der Waals surface area contributed by atoms with Gasteiger partial charge in [-0.2, -0.15) is 13.2 Å². The molecule has 0 unspecified atom stereocenters. The Hall–Kier alpha value is -0.930. The molecule has 0 aromatic rings. The number of nitrogens with zero attached hydrogens (tertiary/aromatic N) is 2. The van der Waals surface area contributed by atoms with Crippen molar-refractivity contribution in [3.8, 4) is 0 Å². The van der Waals surface area contributed by atoms with Crippen LogP contribution < -0.4 is 0 Å². The molecule has 0 fully saturated rings. The summed E-state index contributed by atoms with van der Waals surface area (Å²) in [6.45, 7) is 2.18. The first kappa shape index (κ1) is 17.1. The van der Waals surface area contributed by atoms with E-state index in [4.69, 9.17) is 13.0 Å². The van der Waals surface area contributed by atoms with Crippen LogP contribution in [0.25, 0.3) is 0 Å². The van der Waals surface area contributed by atoms with Crippen molar-refractivity contribution in [2.45, 2.75) is 25.3 Å². The van der Waals surface area contributed by atoms with Gasteiger partial charge in [0.1, 0.15) is 6.20 Å². The molecule has 0 atom stereocenters. The Morgan fingerprint density at radius 3 is 2.06 bits per heavy atom. The molecule has 1 aliphatic rings. The van der Waals surface area contributed by atoms with Crippen LogP contribution in [0.15, 0.2) is 17.4 Å². The molecule has 5 nitrogen and oxygen atoms in total. The molecule has 0 bridgehead atoms. The highest BCUT2D eigenvalue weighted by molar-refractivity contribution is 7.86. The number of alkyl halides is 3. The minimum Gasteiger partial charge on any atom is -0.741 e. The molecule has 18 heavy (non-hydrogen) atoms. The molecule has 0 aromatic carbocycles. The van der Waals surface area contributed by atoms with Gasteiger partial charge in [-0.25, -0.2) is 13.4 Å². The van der Waals surface area contributed by atoms with Gasteiger partial charge in [0.15, 0.2) is 10.1 Å². The van der Waals surface area contributed by atoms with E-state index in [2.05, 4.69) is 32.2 Å². The van der Waals surface area contributed by atoms with Crippen LogP contribution in [0, 0.1) is 0 Å². The fourth-order valence-electron chi connectivity index (χ4n) is 1.10. The van der Waals surface area contributed by atoms with E-state index in [1.165, 1.54) is 12.3 Å². The van der Waals surface area contributed by atoms with E-state index >= 15 is 0 Å². The summed E-state index contributed by atoms with van der Waals surface area (Å²) in [5.41, 5.74) is -5.65. The van der Waals surface area contributed by atoms with Gasteiger partial charge in [-0.15, -0.1) is 0 Å². The van der Waals surface area contributed by atoms with Crippen LogP contribution in [0.3, 0.4) is 0 Å². The van der Waals surface area contributed by atoms with Crippen LogP contribution in [-0.2, 0) is 10.1 Å². The zero-order chi connectivity index (χ0) is 14.6. The summed E-state index contributed by atoms with van der Waals surface area (Å²) >= 11 is 0. The predicted molar refractivity (Wildman–Crippen MR) is 59.3 cm³/mol. The van der Waals surface area contributed by atoms with Gasteiger partial charge in [0.25, 0.3) is 0 Å². The zero-order valence-electron chi connectivity index (χ0n) is 10.2. The molecule has 0 radical (unpaired) electrons. The summed E-state index contributed by atoms with van der Waals surface area (Å²) in [6.07, 6.45) is 6.29. The lowest BCUT2D eigenvalue weighted by Gasteiger charge is -2.20. The molecule has 0 aromatic heterocycles. The van der Waals surface area contributed by atoms with Crippen molar-refractivity contribution in [1.29, 1.82) is 0 Å². The number of hydrogen-bond acceptors (Lipinski definition) is 4. The van der Waals surface area contributed by atoms with E-state index in [1.807, 2.05) is 6.20 Å². The Morgan fingerprint density at radius 1 is 1.39 bits per heavy atom. The number of rotatable bonds is 2. The number of amidine groups is 1. The number of hydrogen-bond donors (Lipinski definition) is 0. The van der Waals surface area contributed by atoms with E-state index in [-0.39, 0.29) is 0 Å². The fourth-order valence-corrected chi connectivity index (χ4v) is 1.10. The topological polar surface area (TPSA) is 69.6 Å². The molecule has 0 aliphatic carbocycles. The molecule has 9 heteroatoms. The van der Waals surface area contributed by atoms with Crippen molar-refractivity contribution in [2.75, 3.05) is 14.1 Å². The maximum Gasteiger partial charge on any atom is 0.485 e. The van der Waals surface area contributed by atoms with Gasteiger partial charge in [-0.05, 0) is 6.42 Å². The van der Waals surface area contributed by atoms with E-state index in [0.717, 1.165) is 10.9 Å². The largest absolute Gasteiger partial charge is 0.741 e. The van der Waals surface area contributed by atoms with E-state index in [9.17, 15) is 13.2 Å². The van der Waals surface area contributed by atoms with E-state index < -0.39 is 15.6 Å². The first-order valence-electron chi connectivity index (χ1n) is 5.02. The van der Waals surface area contributed by atoms with Crippen LogP contribution in [0.5, 0.6) is 0 Å². The van der Waals surface area contributed by atoms with Gasteiger partial charge < -0.3 is 4.55 Å². The Labute approximate surface area is 104 Å². The van der Waals surface area contributed by atoms with E-state index in [0.29, 0.717) is 0 Å². The van der Waals surface area contributed by atoms with Gasteiger partial charge >= 0.3 is 5.51 Å². The zero-order valence-corrected chi connectivity index (χ0v) is 11.0. The molecule has 0 amide bonds. The Bertz CT molecular complexity index is 438. The molecule has 1 heterocycles. The number of quaternary nitrogens is 1. The van der Waals surface area contributed by atoms with Gasteiger partial charge in [0.05, 0.1) is 20.3 Å². The smallest absolute Gasteiger partial charge is 0.485 e. The maximum absolute atomic E-state index is 10.7. The monoisotopic (exact) mass is 288 g/mol. The summed E-state index contributed by atoms with van der Waals surface area (Å²) in [4.78, 5) is 4.29. The van der Waals surface area contributed by atoms with Gasteiger partial charge in [0.2, 0.25) is 5.84 Å². The van der Waals surface area contributed by atoms with Crippen LogP contribution in [0.4, 0.5) is 13.2 Å². The third kappa shape index (κ3) is 5.15. The number of halogens is 3. The lowest BCUT2D eigenvalue weighted by molar-refractivity contribution is -0.741. The maximum atomic E-state index is 10.7. The molecular weight excluding hydrogens is 273 g/mol. The van der Waals surface area contributed by atoms with Gasteiger partial charge in [0, 0.05) is 6.42 Å². The third-order valence-electron chi connectivity index (χ3n) is 2.09. The molecule has 0 N–H and O–H groups in total. The van der Waals surface area contributed by atoms with E-state index in [1.54, 1.807) is 0 Å². The molecule has 0 saturated carbocycles. The highest BCUT2D eigenvalue weighted by Gasteiger charge is 2.36. The first-order chi connectivity index (χ1) is 7.92. The van der Waals surface area contributed by atoms with Gasteiger partial charge in [-0.1, -0.05) is 6.92 Å².